The van der Waals surface area contributed by atoms with E-state index < -0.39 is 24.3 Å². The van der Waals surface area contributed by atoms with E-state index in [1.54, 1.807) is 12.1 Å². The van der Waals surface area contributed by atoms with Crippen LogP contribution < -0.4 is 10.1 Å². The Bertz CT molecular complexity index is 736. The summed E-state index contributed by atoms with van der Waals surface area (Å²) >= 11 is 3.23. The fraction of sp³-hybridized carbons (Fsp3) is 0.125. The van der Waals surface area contributed by atoms with Crippen LogP contribution in [0.4, 0.5) is 10.1 Å². The average molecular weight is 382 g/mol. The zero-order valence-corrected chi connectivity index (χ0v) is 13.7. The number of carbonyl (C=O) groups is 2. The third kappa shape index (κ3) is 4.79. The number of rotatable bonds is 5. The molecule has 0 aliphatic heterocycles. The van der Waals surface area contributed by atoms with Gasteiger partial charge in [0.25, 0.3) is 5.91 Å². The molecule has 120 valence electrons. The predicted octanol–water partition coefficient (Wildman–Crippen LogP) is 3.39. The van der Waals surface area contributed by atoms with Crippen LogP contribution in [0.3, 0.4) is 0 Å². The van der Waals surface area contributed by atoms with Crippen molar-refractivity contribution in [2.45, 2.75) is 0 Å². The van der Waals surface area contributed by atoms with Crippen LogP contribution in [0.1, 0.15) is 10.4 Å². The second-order valence-electron chi connectivity index (χ2n) is 4.48. The first kappa shape index (κ1) is 17.0. The van der Waals surface area contributed by atoms with Crippen LogP contribution in [0.25, 0.3) is 0 Å². The van der Waals surface area contributed by atoms with Crippen molar-refractivity contribution >= 4 is 33.5 Å². The summed E-state index contributed by atoms with van der Waals surface area (Å²) in [4.78, 5) is 23.7. The van der Waals surface area contributed by atoms with Crippen LogP contribution in [-0.2, 0) is 9.53 Å². The monoisotopic (exact) mass is 381 g/mol. The van der Waals surface area contributed by atoms with Gasteiger partial charge in [0, 0.05) is 10.2 Å². The summed E-state index contributed by atoms with van der Waals surface area (Å²) in [5, 5.41) is 2.43. The molecule has 2 aromatic rings. The van der Waals surface area contributed by atoms with E-state index in [0.717, 1.165) is 0 Å². The molecule has 0 atom stereocenters. The number of nitrogens with one attached hydrogen (secondary N) is 1. The van der Waals surface area contributed by atoms with Crippen molar-refractivity contribution < 1.29 is 23.5 Å². The summed E-state index contributed by atoms with van der Waals surface area (Å²) in [5.41, 5.74) is 0.525. The Morgan fingerprint density at radius 1 is 1.22 bits per heavy atom. The lowest BCUT2D eigenvalue weighted by Crippen LogP contribution is -2.21. The molecule has 0 saturated heterocycles. The van der Waals surface area contributed by atoms with E-state index in [1.165, 1.54) is 37.4 Å². The lowest BCUT2D eigenvalue weighted by atomic mass is 10.2. The van der Waals surface area contributed by atoms with Gasteiger partial charge in [-0.1, -0.05) is 6.07 Å². The second-order valence-corrected chi connectivity index (χ2v) is 5.33. The van der Waals surface area contributed by atoms with E-state index in [9.17, 15) is 14.0 Å². The van der Waals surface area contributed by atoms with E-state index in [-0.39, 0.29) is 11.3 Å². The first-order valence-electron chi connectivity index (χ1n) is 6.55. The third-order valence-corrected chi connectivity index (χ3v) is 3.53. The number of anilines is 1. The zero-order chi connectivity index (χ0) is 16.8. The van der Waals surface area contributed by atoms with Crippen LogP contribution in [0, 0.1) is 5.82 Å². The normalized spacial score (nSPS) is 10.0. The number of ether oxygens (including phenoxy) is 2. The molecule has 0 saturated carbocycles. The van der Waals surface area contributed by atoms with Gasteiger partial charge in [-0.15, -0.1) is 0 Å². The number of amides is 1. The van der Waals surface area contributed by atoms with E-state index in [0.29, 0.717) is 10.2 Å². The van der Waals surface area contributed by atoms with Crippen LogP contribution in [-0.4, -0.2) is 25.6 Å². The Hall–Kier alpha value is -2.41. The highest BCUT2D eigenvalue weighted by Crippen LogP contribution is 2.23. The standard InChI is InChI=1S/C16H13BrFNO4/c1-22-12-5-6-14(17)13(8-12)16(21)23-9-15(20)19-11-4-2-3-10(18)7-11/h2-8H,9H2,1H3,(H,19,20). The van der Waals surface area contributed by atoms with Gasteiger partial charge in [0.15, 0.2) is 6.61 Å². The maximum atomic E-state index is 13.0. The molecule has 23 heavy (non-hydrogen) atoms. The van der Waals surface area contributed by atoms with Gasteiger partial charge >= 0.3 is 5.97 Å². The molecular formula is C16H13BrFNO4. The second kappa shape index (κ2) is 7.73. The molecule has 1 amide bonds. The lowest BCUT2D eigenvalue weighted by Gasteiger charge is -2.09. The van der Waals surface area contributed by atoms with Crippen molar-refractivity contribution in [1.82, 2.24) is 0 Å². The minimum absolute atomic E-state index is 0.239. The summed E-state index contributed by atoms with van der Waals surface area (Å²) in [6.45, 7) is -0.487. The first-order valence-corrected chi connectivity index (χ1v) is 7.35. The van der Waals surface area contributed by atoms with Crippen LogP contribution >= 0.6 is 15.9 Å². The van der Waals surface area contributed by atoms with Crippen LogP contribution in [0.15, 0.2) is 46.9 Å². The molecule has 0 heterocycles. The fourth-order valence-electron chi connectivity index (χ4n) is 1.76. The van der Waals surface area contributed by atoms with E-state index in [2.05, 4.69) is 21.2 Å². The van der Waals surface area contributed by atoms with Gasteiger partial charge in [-0.05, 0) is 52.3 Å². The number of esters is 1. The molecular weight excluding hydrogens is 369 g/mol. The van der Waals surface area contributed by atoms with Crippen molar-refractivity contribution in [3.63, 3.8) is 0 Å². The first-order chi connectivity index (χ1) is 11.0. The summed E-state index contributed by atoms with van der Waals surface area (Å²) in [6, 6.07) is 10.2. The summed E-state index contributed by atoms with van der Waals surface area (Å²) in [6.07, 6.45) is 0. The number of hydrogen-bond donors (Lipinski definition) is 1. The van der Waals surface area contributed by atoms with E-state index in [1.807, 2.05) is 0 Å². The average Bonchev–Trinajstić information content (AvgIpc) is 2.53. The van der Waals surface area contributed by atoms with Gasteiger partial charge in [0.05, 0.1) is 12.7 Å². The molecule has 0 radical (unpaired) electrons. The van der Waals surface area contributed by atoms with E-state index >= 15 is 0 Å². The van der Waals surface area contributed by atoms with Gasteiger partial charge < -0.3 is 14.8 Å². The number of methoxy groups -OCH3 is 1. The van der Waals surface area contributed by atoms with Gasteiger partial charge in [0.2, 0.25) is 0 Å². The molecule has 7 heteroatoms. The molecule has 0 spiro atoms. The molecule has 0 bridgehead atoms. The molecule has 1 N–H and O–H groups in total. The number of halogens is 2. The molecule has 0 fully saturated rings. The van der Waals surface area contributed by atoms with Gasteiger partial charge in [-0.3, -0.25) is 4.79 Å². The zero-order valence-electron chi connectivity index (χ0n) is 12.1. The van der Waals surface area contributed by atoms with Crippen LogP contribution in [0.5, 0.6) is 5.75 Å². The molecule has 2 aromatic carbocycles. The van der Waals surface area contributed by atoms with Gasteiger partial charge in [0.1, 0.15) is 11.6 Å². The third-order valence-electron chi connectivity index (χ3n) is 2.84. The van der Waals surface area contributed by atoms with Crippen molar-refractivity contribution in [2.75, 3.05) is 19.0 Å². The minimum Gasteiger partial charge on any atom is -0.497 e. The molecule has 0 aliphatic carbocycles. The van der Waals surface area contributed by atoms with Crippen LogP contribution in [0.2, 0.25) is 0 Å². The van der Waals surface area contributed by atoms with Crippen molar-refractivity contribution in [2.24, 2.45) is 0 Å². The maximum Gasteiger partial charge on any atom is 0.339 e. The van der Waals surface area contributed by atoms with E-state index in [4.69, 9.17) is 9.47 Å². The van der Waals surface area contributed by atoms with Gasteiger partial charge in [-0.25, -0.2) is 9.18 Å². The molecule has 0 aromatic heterocycles. The quantitative estimate of drug-likeness (QED) is 0.806. The lowest BCUT2D eigenvalue weighted by molar-refractivity contribution is -0.119. The molecule has 0 aliphatic rings. The number of hydrogen-bond acceptors (Lipinski definition) is 4. The summed E-state index contributed by atoms with van der Waals surface area (Å²) in [7, 11) is 1.48. The Kier molecular flexibility index (Phi) is 5.70. The molecule has 5 nitrogen and oxygen atoms in total. The predicted molar refractivity (Wildman–Crippen MR) is 86.0 cm³/mol. The largest absolute Gasteiger partial charge is 0.497 e. The Morgan fingerprint density at radius 3 is 2.70 bits per heavy atom. The van der Waals surface area contributed by atoms with Crippen molar-refractivity contribution in [1.29, 1.82) is 0 Å². The minimum atomic E-state index is -0.676. The van der Waals surface area contributed by atoms with Gasteiger partial charge in [-0.2, -0.15) is 0 Å². The van der Waals surface area contributed by atoms with Crippen molar-refractivity contribution in [3.8, 4) is 5.75 Å². The SMILES string of the molecule is COc1ccc(Br)c(C(=O)OCC(=O)Nc2cccc(F)c2)c1. The smallest absolute Gasteiger partial charge is 0.339 e. The van der Waals surface area contributed by atoms with Crippen molar-refractivity contribution in [3.05, 3.63) is 58.3 Å². The summed E-state index contributed by atoms with van der Waals surface area (Å²) < 4.78 is 23.5. The Labute approximate surface area is 140 Å². The fourth-order valence-corrected chi connectivity index (χ4v) is 2.17. The molecule has 2 rings (SSSR count). The Balaban J connectivity index is 1.95. The molecule has 0 unspecified atom stereocenters. The maximum absolute atomic E-state index is 13.0. The highest BCUT2D eigenvalue weighted by Gasteiger charge is 2.15. The number of carbonyl (C=O) groups excluding carboxylic acids is 2. The summed E-state index contributed by atoms with van der Waals surface area (Å²) in [5.74, 6) is -1.22. The highest BCUT2D eigenvalue weighted by molar-refractivity contribution is 9.10. The number of benzene rings is 2. The Morgan fingerprint density at radius 2 is 2.00 bits per heavy atom. The highest BCUT2D eigenvalue weighted by atomic mass is 79.9. The topological polar surface area (TPSA) is 64.6 Å².